The van der Waals surface area contributed by atoms with Gasteiger partial charge < -0.3 is 24.1 Å². The lowest BCUT2D eigenvalue weighted by molar-refractivity contribution is -0.155. The summed E-state index contributed by atoms with van der Waals surface area (Å²) in [6.07, 6.45) is 1.72. The van der Waals surface area contributed by atoms with Crippen LogP contribution in [0, 0.1) is 0 Å². The first-order chi connectivity index (χ1) is 21.1. The molecule has 0 aromatic heterocycles. The Balaban J connectivity index is 1.57. The molecule has 1 aliphatic heterocycles. The van der Waals surface area contributed by atoms with Crippen molar-refractivity contribution >= 4 is 33.6 Å². The summed E-state index contributed by atoms with van der Waals surface area (Å²) in [6, 6.07) is 17.8. The van der Waals surface area contributed by atoms with E-state index in [2.05, 4.69) is 0 Å². The van der Waals surface area contributed by atoms with Crippen LogP contribution in [0.1, 0.15) is 48.5 Å². The predicted molar refractivity (Wildman–Crippen MR) is 165 cm³/mol. The fourth-order valence-electron chi connectivity index (χ4n) is 5.14. The maximum atomic E-state index is 13.7. The molecule has 12 heteroatoms. The van der Waals surface area contributed by atoms with Crippen molar-refractivity contribution in [3.63, 3.8) is 0 Å². The Kier molecular flexibility index (Phi) is 11.5. The van der Waals surface area contributed by atoms with Crippen LogP contribution < -0.4 is 14.2 Å². The number of benzene rings is 3. The van der Waals surface area contributed by atoms with Gasteiger partial charge in [-0.05, 0) is 85.2 Å². The summed E-state index contributed by atoms with van der Waals surface area (Å²) < 4.78 is 50.5. The molecule has 4 rings (SSSR count). The topological polar surface area (TPSA) is 129 Å². The normalized spacial score (nSPS) is 16.1. The molecule has 0 radical (unpaired) electrons. The summed E-state index contributed by atoms with van der Waals surface area (Å²) >= 11 is 5.96. The first kappa shape index (κ1) is 33.1. The number of aliphatic carboxylic acids is 1. The number of methoxy groups -OCH3 is 2. The number of carboxylic acid groups (broad SMARTS) is 1. The maximum Gasteiger partial charge on any atom is 0.341 e. The highest BCUT2D eigenvalue weighted by Gasteiger charge is 2.38. The average Bonchev–Trinajstić information content (AvgIpc) is 3.02. The zero-order chi connectivity index (χ0) is 31.7. The third-order valence-electron chi connectivity index (χ3n) is 7.34. The zero-order valence-electron chi connectivity index (χ0n) is 24.6. The van der Waals surface area contributed by atoms with Crippen LogP contribution in [0.2, 0.25) is 5.02 Å². The summed E-state index contributed by atoms with van der Waals surface area (Å²) in [5, 5.41) is 9.53. The second kappa shape index (κ2) is 15.3. The molecule has 3 aromatic rings. The van der Waals surface area contributed by atoms with Gasteiger partial charge in [-0.1, -0.05) is 41.9 Å². The van der Waals surface area contributed by atoms with Crippen molar-refractivity contribution < 1.29 is 42.1 Å². The minimum absolute atomic E-state index is 0.213. The van der Waals surface area contributed by atoms with Gasteiger partial charge in [-0.3, -0.25) is 4.79 Å². The second-order valence-electron chi connectivity index (χ2n) is 10.4. The first-order valence-electron chi connectivity index (χ1n) is 14.2. The molecule has 0 spiro atoms. The number of esters is 1. The van der Waals surface area contributed by atoms with Crippen molar-refractivity contribution in [2.45, 2.75) is 50.0 Å². The number of ether oxygens (including phenoxy) is 4. The smallest absolute Gasteiger partial charge is 0.341 e. The summed E-state index contributed by atoms with van der Waals surface area (Å²) in [5.74, 6) is -0.574. The Bertz CT molecular complexity index is 1550. The molecule has 0 saturated carbocycles. The Morgan fingerprint density at radius 1 is 0.977 bits per heavy atom. The minimum Gasteiger partial charge on any atom is -0.493 e. The van der Waals surface area contributed by atoms with E-state index in [0.717, 1.165) is 5.56 Å². The molecular formula is C32H36ClNO9S. The highest BCUT2D eigenvalue weighted by atomic mass is 35.5. The third kappa shape index (κ3) is 8.87. The molecule has 1 fully saturated rings. The molecule has 1 N–H and O–H groups in total. The SMILES string of the molecule is COc1ccc(CC[C@@H](OC(=O)C2CCCCN2S(=O)(=O)Cc2ccc(Cl)cc2)c2cccc(OCC(=O)O)c2)cc1OC. The number of halogens is 1. The number of piperidine rings is 1. The fraction of sp³-hybridized carbons (Fsp3) is 0.375. The lowest BCUT2D eigenvalue weighted by Gasteiger charge is -2.34. The molecule has 0 bridgehead atoms. The van der Waals surface area contributed by atoms with E-state index >= 15 is 0 Å². The molecule has 1 aliphatic rings. The monoisotopic (exact) mass is 645 g/mol. The summed E-state index contributed by atoms with van der Waals surface area (Å²) in [5.41, 5.74) is 2.07. The van der Waals surface area contributed by atoms with Crippen molar-refractivity contribution in [3.05, 3.63) is 88.4 Å². The number of carboxylic acids is 1. The second-order valence-corrected chi connectivity index (χ2v) is 12.8. The van der Waals surface area contributed by atoms with E-state index in [1.54, 1.807) is 68.8 Å². The van der Waals surface area contributed by atoms with Crippen molar-refractivity contribution in [3.8, 4) is 17.2 Å². The maximum absolute atomic E-state index is 13.7. The van der Waals surface area contributed by atoms with E-state index in [1.807, 2.05) is 12.1 Å². The quantitative estimate of drug-likeness (QED) is 0.228. The molecule has 1 heterocycles. The van der Waals surface area contributed by atoms with Crippen LogP contribution >= 0.6 is 11.6 Å². The van der Waals surface area contributed by atoms with E-state index < -0.39 is 40.7 Å². The molecular weight excluding hydrogens is 610 g/mol. The van der Waals surface area contributed by atoms with Crippen LogP contribution in [0.3, 0.4) is 0 Å². The third-order valence-corrected chi connectivity index (χ3v) is 9.44. The van der Waals surface area contributed by atoms with Gasteiger partial charge in [0.25, 0.3) is 0 Å². The highest BCUT2D eigenvalue weighted by Crippen LogP contribution is 2.32. The number of sulfonamides is 1. The lowest BCUT2D eigenvalue weighted by Crippen LogP contribution is -2.49. The van der Waals surface area contributed by atoms with Crippen molar-refractivity contribution in [1.82, 2.24) is 4.31 Å². The van der Waals surface area contributed by atoms with Gasteiger partial charge in [0.15, 0.2) is 18.1 Å². The Labute approximate surface area is 262 Å². The number of carbonyl (C=O) groups is 2. The van der Waals surface area contributed by atoms with Crippen molar-refractivity contribution in [1.29, 1.82) is 0 Å². The van der Waals surface area contributed by atoms with Gasteiger partial charge in [0.05, 0.1) is 20.0 Å². The van der Waals surface area contributed by atoms with Crippen LogP contribution in [0.25, 0.3) is 0 Å². The Hall–Kier alpha value is -3.80. The molecule has 0 aliphatic carbocycles. The average molecular weight is 646 g/mol. The molecule has 1 unspecified atom stereocenters. The van der Waals surface area contributed by atoms with Gasteiger partial charge in [0.1, 0.15) is 17.9 Å². The molecule has 44 heavy (non-hydrogen) atoms. The number of hydrogen-bond donors (Lipinski definition) is 1. The van der Waals surface area contributed by atoms with Gasteiger partial charge in [-0.25, -0.2) is 13.2 Å². The lowest BCUT2D eigenvalue weighted by atomic mass is 10.00. The number of hydrogen-bond acceptors (Lipinski definition) is 8. The summed E-state index contributed by atoms with van der Waals surface area (Å²) in [6.45, 7) is -0.313. The van der Waals surface area contributed by atoms with Gasteiger partial charge in [0.2, 0.25) is 10.0 Å². The molecule has 236 valence electrons. The van der Waals surface area contributed by atoms with Gasteiger partial charge in [-0.15, -0.1) is 0 Å². The Morgan fingerprint density at radius 2 is 1.70 bits per heavy atom. The van der Waals surface area contributed by atoms with Crippen LogP contribution in [0.15, 0.2) is 66.7 Å². The summed E-state index contributed by atoms with van der Waals surface area (Å²) in [7, 11) is -0.748. The molecule has 3 aromatic carbocycles. The van der Waals surface area contributed by atoms with Crippen LogP contribution in [0.5, 0.6) is 17.2 Å². The Morgan fingerprint density at radius 3 is 2.41 bits per heavy atom. The molecule has 0 amide bonds. The molecule has 2 atom stereocenters. The minimum atomic E-state index is -3.85. The molecule has 10 nitrogen and oxygen atoms in total. The number of nitrogens with zero attached hydrogens (tertiary/aromatic N) is 1. The van der Waals surface area contributed by atoms with Crippen LogP contribution in [-0.4, -0.2) is 63.2 Å². The van der Waals surface area contributed by atoms with E-state index in [0.29, 0.717) is 65.5 Å². The van der Waals surface area contributed by atoms with Crippen molar-refractivity contribution in [2.75, 3.05) is 27.4 Å². The van der Waals surface area contributed by atoms with Gasteiger partial charge >= 0.3 is 11.9 Å². The van der Waals surface area contributed by atoms with E-state index in [-0.39, 0.29) is 12.3 Å². The van der Waals surface area contributed by atoms with Crippen molar-refractivity contribution in [2.24, 2.45) is 0 Å². The largest absolute Gasteiger partial charge is 0.493 e. The standard InChI is InChI=1S/C32H36ClNO9S/c1-40-29-16-12-22(18-30(29)41-2)11-15-28(24-6-5-7-26(19-24)42-20-31(35)36)43-32(37)27-8-3-4-17-34(27)44(38,39)21-23-9-13-25(33)14-10-23/h5-7,9-10,12-14,16,18-19,27-28H,3-4,8,11,15,17,20-21H2,1-2H3,(H,35,36)/t27?,28-/m1/s1. The number of aryl methyl sites for hydroxylation is 1. The summed E-state index contributed by atoms with van der Waals surface area (Å²) in [4.78, 5) is 24.8. The highest BCUT2D eigenvalue weighted by molar-refractivity contribution is 7.88. The van der Waals surface area contributed by atoms with E-state index in [4.69, 9.17) is 35.7 Å². The van der Waals surface area contributed by atoms with Gasteiger partial charge in [0, 0.05) is 11.6 Å². The zero-order valence-corrected chi connectivity index (χ0v) is 26.2. The van der Waals surface area contributed by atoms with Crippen LogP contribution in [0.4, 0.5) is 0 Å². The van der Waals surface area contributed by atoms with E-state index in [9.17, 15) is 18.0 Å². The fourth-order valence-corrected chi connectivity index (χ4v) is 7.04. The van der Waals surface area contributed by atoms with Gasteiger partial charge in [-0.2, -0.15) is 4.31 Å². The number of rotatable bonds is 14. The van der Waals surface area contributed by atoms with E-state index in [1.165, 1.54) is 4.31 Å². The molecule has 1 saturated heterocycles. The number of carbonyl (C=O) groups excluding carboxylic acids is 1. The predicted octanol–water partition coefficient (Wildman–Crippen LogP) is 5.42. The van der Waals surface area contributed by atoms with Crippen LogP contribution in [-0.2, 0) is 36.5 Å². The first-order valence-corrected chi connectivity index (χ1v) is 16.2.